The Morgan fingerprint density at radius 3 is 2.25 bits per heavy atom. The first-order valence-electron chi connectivity index (χ1n) is 19.5. The van der Waals surface area contributed by atoms with Gasteiger partial charge in [-0.1, -0.05) is 109 Å². The number of amides is 2. The van der Waals surface area contributed by atoms with E-state index in [4.69, 9.17) is 14.5 Å². The van der Waals surface area contributed by atoms with Crippen LogP contribution in [-0.2, 0) is 40.0 Å². The first kappa shape index (κ1) is 38.9. The zero-order chi connectivity index (χ0) is 37.1. The van der Waals surface area contributed by atoms with Gasteiger partial charge in [0, 0.05) is 24.9 Å². The van der Waals surface area contributed by atoms with Gasteiger partial charge in [0.1, 0.15) is 13.2 Å². The molecule has 11 nitrogen and oxygen atoms in total. The van der Waals surface area contributed by atoms with Crippen LogP contribution in [0.5, 0.6) is 0 Å². The lowest BCUT2D eigenvalue weighted by Gasteiger charge is -2.43. The standard InChI is InChI=1S/C41H55N3O8/c1-3-5-6-7-8-9-10-11-12-13-14-15-16-21-35(45)43(27-36(46)47)23-22-37(48)52-41(4-2)32-25-34-38-30(24-29-19-17-18-20-33(29)42-38)26-44(34)39(49)31(32)28-51-40(41)50/h17-20,24,34H,3-16,21-23,25-28H2,1-2H3,(H,46,47)/t34?,41-/m0/s1. The summed E-state index contributed by atoms with van der Waals surface area (Å²) in [6.45, 7) is 3.41. The zero-order valence-electron chi connectivity index (χ0n) is 31.0. The van der Waals surface area contributed by atoms with E-state index in [0.717, 1.165) is 41.4 Å². The Labute approximate surface area is 307 Å². The molecule has 4 heterocycles. The summed E-state index contributed by atoms with van der Waals surface area (Å²) in [6.07, 6.45) is 15.5. The molecule has 0 spiro atoms. The molecule has 3 aliphatic heterocycles. The first-order valence-corrected chi connectivity index (χ1v) is 19.5. The summed E-state index contributed by atoms with van der Waals surface area (Å²) >= 11 is 0. The highest BCUT2D eigenvalue weighted by molar-refractivity contribution is 6.01. The van der Waals surface area contributed by atoms with Crippen LogP contribution in [0, 0.1) is 0 Å². The molecule has 5 rings (SSSR count). The number of benzene rings is 1. The lowest BCUT2D eigenvalue weighted by atomic mass is 9.78. The fourth-order valence-electron chi connectivity index (χ4n) is 7.92. The van der Waals surface area contributed by atoms with E-state index < -0.39 is 36.1 Å². The maximum atomic E-state index is 13.8. The lowest BCUT2D eigenvalue weighted by Crippen LogP contribution is -2.54. The molecule has 2 atom stereocenters. The molecular formula is C41H55N3O8. The smallest absolute Gasteiger partial charge is 0.355 e. The average molecular weight is 718 g/mol. The molecular weight excluding hydrogens is 662 g/mol. The molecule has 3 aliphatic rings. The van der Waals surface area contributed by atoms with Crippen LogP contribution in [0.4, 0.5) is 0 Å². The summed E-state index contributed by atoms with van der Waals surface area (Å²) < 4.78 is 11.4. The SMILES string of the molecule is CCCCCCCCCCCCCCCC(=O)N(CCC(=O)O[C@]1(CC)C(=O)OCC2=C1CC1c3nc4ccccc4cc3CN1C2=O)CC(=O)O. The third kappa shape index (κ3) is 9.19. The third-order valence-corrected chi connectivity index (χ3v) is 10.9. The number of unbranched alkanes of at least 4 members (excludes halogenated alkanes) is 12. The first-order chi connectivity index (χ1) is 25.2. The van der Waals surface area contributed by atoms with Crippen LogP contribution in [0.1, 0.15) is 140 Å². The normalized spacial score (nSPS) is 19.3. The number of fused-ring (bicyclic) bond motifs is 4. The van der Waals surface area contributed by atoms with Crippen LogP contribution in [0.3, 0.4) is 0 Å². The number of hydrogen-bond donors (Lipinski definition) is 1. The zero-order valence-corrected chi connectivity index (χ0v) is 31.0. The van der Waals surface area contributed by atoms with E-state index >= 15 is 0 Å². The predicted octanol–water partition coefficient (Wildman–Crippen LogP) is 7.35. The molecule has 1 aromatic heterocycles. The summed E-state index contributed by atoms with van der Waals surface area (Å²) in [5, 5.41) is 10.5. The van der Waals surface area contributed by atoms with Crippen LogP contribution >= 0.6 is 0 Å². The van der Waals surface area contributed by atoms with E-state index in [1.807, 2.05) is 30.3 Å². The highest BCUT2D eigenvalue weighted by Gasteiger charge is 2.55. The molecule has 52 heavy (non-hydrogen) atoms. The summed E-state index contributed by atoms with van der Waals surface area (Å²) in [4.78, 5) is 73.1. The molecule has 0 saturated heterocycles. The quantitative estimate of drug-likeness (QED) is 0.104. The molecule has 2 amide bonds. The number of aliphatic carboxylic acids is 1. The number of aromatic nitrogens is 1. The van der Waals surface area contributed by atoms with Crippen molar-refractivity contribution in [1.82, 2.24) is 14.8 Å². The molecule has 11 heteroatoms. The monoisotopic (exact) mass is 717 g/mol. The molecule has 282 valence electrons. The molecule has 0 bridgehead atoms. The van der Waals surface area contributed by atoms with Gasteiger partial charge in [-0.15, -0.1) is 0 Å². The van der Waals surface area contributed by atoms with Crippen molar-refractivity contribution in [2.45, 2.75) is 141 Å². The number of carboxylic acid groups (broad SMARTS) is 1. The maximum Gasteiger partial charge on any atom is 0.355 e. The average Bonchev–Trinajstić information content (AvgIpc) is 3.49. The minimum atomic E-state index is -1.80. The topological polar surface area (TPSA) is 143 Å². The second-order valence-corrected chi connectivity index (χ2v) is 14.5. The van der Waals surface area contributed by atoms with Crippen molar-refractivity contribution in [3.05, 3.63) is 52.7 Å². The van der Waals surface area contributed by atoms with Crippen molar-refractivity contribution in [1.29, 1.82) is 0 Å². The summed E-state index contributed by atoms with van der Waals surface area (Å²) in [5.41, 5.74) is 1.44. The molecule has 0 fully saturated rings. The minimum absolute atomic E-state index is 0.0469. The number of ether oxygens (including phenoxy) is 2. The molecule has 0 aliphatic carbocycles. The van der Waals surface area contributed by atoms with Crippen molar-refractivity contribution >= 4 is 40.6 Å². The number of esters is 2. The second-order valence-electron chi connectivity index (χ2n) is 14.5. The Morgan fingerprint density at radius 2 is 1.60 bits per heavy atom. The Bertz CT molecular complexity index is 1650. The highest BCUT2D eigenvalue weighted by Crippen LogP contribution is 2.48. The van der Waals surface area contributed by atoms with Gasteiger partial charge in [0.2, 0.25) is 11.5 Å². The Balaban J connectivity index is 1.14. The Hall–Kier alpha value is -4.28. The van der Waals surface area contributed by atoms with E-state index in [2.05, 4.69) is 6.92 Å². The fourth-order valence-corrected chi connectivity index (χ4v) is 7.92. The van der Waals surface area contributed by atoms with Gasteiger partial charge in [0.25, 0.3) is 5.91 Å². The molecule has 0 radical (unpaired) electrons. The molecule has 1 unspecified atom stereocenters. The number of rotatable bonds is 21. The second kappa shape index (κ2) is 18.5. The number of carbonyl (C=O) groups excluding carboxylic acids is 4. The van der Waals surface area contributed by atoms with Crippen molar-refractivity contribution in [2.24, 2.45) is 0 Å². The van der Waals surface area contributed by atoms with Gasteiger partial charge in [-0.2, -0.15) is 0 Å². The Morgan fingerprint density at radius 1 is 0.942 bits per heavy atom. The van der Waals surface area contributed by atoms with E-state index in [1.165, 1.54) is 62.7 Å². The maximum absolute atomic E-state index is 13.8. The van der Waals surface area contributed by atoms with Gasteiger partial charge in [-0.05, 0) is 42.5 Å². The van der Waals surface area contributed by atoms with E-state index in [9.17, 15) is 29.1 Å². The number of nitrogens with zero attached hydrogens (tertiary/aromatic N) is 3. The van der Waals surface area contributed by atoms with Gasteiger partial charge >= 0.3 is 17.9 Å². The van der Waals surface area contributed by atoms with Gasteiger partial charge in [-0.25, -0.2) is 4.79 Å². The lowest BCUT2D eigenvalue weighted by molar-refractivity contribution is -0.182. The summed E-state index contributed by atoms with van der Waals surface area (Å²) in [5.74, 6) is -3.30. The third-order valence-electron chi connectivity index (χ3n) is 10.9. The van der Waals surface area contributed by atoms with Gasteiger partial charge in [0.15, 0.2) is 0 Å². The van der Waals surface area contributed by atoms with Gasteiger partial charge in [-0.3, -0.25) is 24.2 Å². The number of cyclic esters (lactones) is 1. The van der Waals surface area contributed by atoms with E-state index in [1.54, 1.807) is 11.8 Å². The van der Waals surface area contributed by atoms with Crippen molar-refractivity contribution in [3.8, 4) is 0 Å². The summed E-state index contributed by atoms with van der Waals surface area (Å²) in [6, 6.07) is 9.36. The molecule has 1 N–H and O–H groups in total. The number of pyridine rings is 1. The predicted molar refractivity (Wildman–Crippen MR) is 196 cm³/mol. The van der Waals surface area contributed by atoms with Gasteiger partial charge < -0.3 is 24.4 Å². The highest BCUT2D eigenvalue weighted by atomic mass is 16.6. The number of para-hydroxylation sites is 1. The molecule has 2 aromatic rings. The van der Waals surface area contributed by atoms with Gasteiger partial charge in [0.05, 0.1) is 29.2 Å². The number of carboxylic acids is 1. The van der Waals surface area contributed by atoms with Crippen LogP contribution < -0.4 is 0 Å². The van der Waals surface area contributed by atoms with E-state index in [-0.39, 0.29) is 50.6 Å². The Kier molecular flexibility index (Phi) is 13.8. The summed E-state index contributed by atoms with van der Waals surface area (Å²) in [7, 11) is 0. The van der Waals surface area contributed by atoms with Crippen LogP contribution in [0.25, 0.3) is 10.9 Å². The van der Waals surface area contributed by atoms with Crippen LogP contribution in [-0.4, -0.2) is 74.9 Å². The van der Waals surface area contributed by atoms with Crippen LogP contribution in [0.15, 0.2) is 41.5 Å². The molecule has 1 aromatic carbocycles. The van der Waals surface area contributed by atoms with Crippen LogP contribution in [0.2, 0.25) is 0 Å². The minimum Gasteiger partial charge on any atom is -0.480 e. The van der Waals surface area contributed by atoms with Crippen molar-refractivity contribution in [3.63, 3.8) is 0 Å². The largest absolute Gasteiger partial charge is 0.480 e. The molecule has 0 saturated carbocycles. The van der Waals surface area contributed by atoms with Crippen molar-refractivity contribution in [2.75, 3.05) is 19.7 Å². The number of hydrogen-bond acceptors (Lipinski definition) is 8. The van der Waals surface area contributed by atoms with Crippen molar-refractivity contribution < 1.29 is 38.6 Å². The van der Waals surface area contributed by atoms with E-state index in [0.29, 0.717) is 24.1 Å². The fraction of sp³-hybridized carbons (Fsp3) is 0.610. The number of carbonyl (C=O) groups is 5.